The summed E-state index contributed by atoms with van der Waals surface area (Å²) in [4.78, 5) is 20.7. The van der Waals surface area contributed by atoms with Gasteiger partial charge in [0.1, 0.15) is 5.82 Å². The lowest BCUT2D eigenvalue weighted by Gasteiger charge is -2.28. The van der Waals surface area contributed by atoms with E-state index in [0.29, 0.717) is 11.7 Å². The van der Waals surface area contributed by atoms with Crippen LogP contribution >= 0.6 is 0 Å². The highest BCUT2D eigenvalue weighted by Crippen LogP contribution is 2.26. The number of carboxylic acids is 1. The van der Waals surface area contributed by atoms with Crippen LogP contribution in [0.1, 0.15) is 36.3 Å². The summed E-state index contributed by atoms with van der Waals surface area (Å²) >= 11 is 0. The molecule has 0 aliphatic carbocycles. The summed E-state index contributed by atoms with van der Waals surface area (Å²) < 4.78 is 0. The fourth-order valence-corrected chi connectivity index (χ4v) is 2.40. The van der Waals surface area contributed by atoms with Crippen molar-refractivity contribution in [2.45, 2.75) is 24.8 Å². The molecule has 0 bridgehead atoms. The molecule has 1 aromatic rings. The van der Waals surface area contributed by atoms with Crippen molar-refractivity contribution in [1.82, 2.24) is 20.2 Å². The Kier molecular flexibility index (Phi) is 3.98. The zero-order valence-electron chi connectivity index (χ0n) is 10.8. The molecule has 18 heavy (non-hydrogen) atoms. The molecule has 0 spiro atoms. The molecule has 2 heterocycles. The molecule has 0 saturated carbocycles. The number of aromatic nitrogens is 2. The Morgan fingerprint density at radius 3 is 2.83 bits per heavy atom. The van der Waals surface area contributed by atoms with Crippen molar-refractivity contribution in [3.63, 3.8) is 0 Å². The van der Waals surface area contributed by atoms with E-state index >= 15 is 0 Å². The van der Waals surface area contributed by atoms with Crippen LogP contribution in [0.25, 0.3) is 0 Å². The number of piperidine rings is 1. The molecule has 1 fully saturated rings. The first-order chi connectivity index (χ1) is 8.61. The van der Waals surface area contributed by atoms with E-state index in [1.807, 2.05) is 0 Å². The van der Waals surface area contributed by atoms with E-state index in [1.54, 1.807) is 13.2 Å². The summed E-state index contributed by atoms with van der Waals surface area (Å²) in [5.74, 6) is 0.0365. The molecule has 1 unspecified atom stereocenters. The lowest BCUT2D eigenvalue weighted by Crippen LogP contribution is -2.29. The molecule has 1 aromatic heterocycles. The lowest BCUT2D eigenvalue weighted by molar-refractivity contribution is -0.139. The summed E-state index contributed by atoms with van der Waals surface area (Å²) in [6.07, 6.45) is 3.96. The maximum absolute atomic E-state index is 11.0. The Bertz CT molecular complexity index is 410. The smallest absolute Gasteiger partial charge is 0.328 e. The molecular formula is C12H20N4O2. The molecule has 6 nitrogen and oxygen atoms in total. The molecule has 1 saturated heterocycles. The van der Waals surface area contributed by atoms with Gasteiger partial charge in [-0.15, -0.1) is 0 Å². The van der Waals surface area contributed by atoms with E-state index in [2.05, 4.69) is 27.2 Å². The number of imidazole rings is 1. The van der Waals surface area contributed by atoms with Gasteiger partial charge >= 0.3 is 5.97 Å². The minimum absolute atomic E-state index is 0.466. The predicted molar refractivity (Wildman–Crippen MR) is 67.5 cm³/mol. The third-order valence-corrected chi connectivity index (χ3v) is 3.58. The highest BCUT2D eigenvalue weighted by Gasteiger charge is 2.24. The van der Waals surface area contributed by atoms with Crippen LogP contribution in [-0.2, 0) is 4.79 Å². The lowest BCUT2D eigenvalue weighted by atomic mass is 9.94. The second-order valence-corrected chi connectivity index (χ2v) is 4.86. The largest absolute Gasteiger partial charge is 0.480 e. The van der Waals surface area contributed by atoms with Gasteiger partial charge in [-0.1, -0.05) is 0 Å². The van der Waals surface area contributed by atoms with Crippen LogP contribution in [0.15, 0.2) is 6.20 Å². The quantitative estimate of drug-likeness (QED) is 0.729. The molecule has 1 aliphatic rings. The molecule has 2 rings (SSSR count). The molecule has 100 valence electrons. The topological polar surface area (TPSA) is 81.2 Å². The third kappa shape index (κ3) is 2.70. The van der Waals surface area contributed by atoms with Crippen LogP contribution in [0, 0.1) is 0 Å². The number of aliphatic carboxylic acids is 1. The fourth-order valence-electron chi connectivity index (χ4n) is 2.40. The van der Waals surface area contributed by atoms with Gasteiger partial charge in [0.25, 0.3) is 0 Å². The Balaban J connectivity index is 2.08. The van der Waals surface area contributed by atoms with Crippen molar-refractivity contribution in [2.75, 3.05) is 27.2 Å². The third-order valence-electron chi connectivity index (χ3n) is 3.58. The number of aromatic amines is 1. The summed E-state index contributed by atoms with van der Waals surface area (Å²) in [5.41, 5.74) is 1.06. The number of likely N-dealkylation sites (tertiary alicyclic amines) is 1. The Hall–Kier alpha value is -1.40. The van der Waals surface area contributed by atoms with Gasteiger partial charge in [-0.2, -0.15) is 0 Å². The Labute approximate surface area is 106 Å². The maximum atomic E-state index is 11.0. The van der Waals surface area contributed by atoms with Crippen molar-refractivity contribution < 1.29 is 9.90 Å². The minimum atomic E-state index is -0.915. The summed E-state index contributed by atoms with van der Waals surface area (Å²) in [6, 6.07) is -0.759. The highest BCUT2D eigenvalue weighted by molar-refractivity contribution is 5.74. The average molecular weight is 252 g/mol. The summed E-state index contributed by atoms with van der Waals surface area (Å²) in [6.45, 7) is 2.15. The van der Waals surface area contributed by atoms with E-state index in [4.69, 9.17) is 5.11 Å². The molecule has 6 heteroatoms. The number of rotatable bonds is 4. The Morgan fingerprint density at radius 2 is 2.28 bits per heavy atom. The van der Waals surface area contributed by atoms with E-state index in [0.717, 1.165) is 31.6 Å². The molecule has 1 aliphatic heterocycles. The molecule has 0 radical (unpaired) electrons. The van der Waals surface area contributed by atoms with Crippen LogP contribution in [0.5, 0.6) is 0 Å². The standard InChI is InChI=1S/C12H20N4O2/c1-13-10(12(17)18)11-14-7-9(15-11)8-3-5-16(2)6-4-8/h7-8,10,13H,3-6H2,1-2H3,(H,14,15)(H,17,18). The average Bonchev–Trinajstić information content (AvgIpc) is 2.80. The van der Waals surface area contributed by atoms with E-state index < -0.39 is 12.0 Å². The van der Waals surface area contributed by atoms with Crippen LogP contribution in [-0.4, -0.2) is 53.1 Å². The second-order valence-electron chi connectivity index (χ2n) is 4.86. The number of H-pyrrole nitrogens is 1. The van der Waals surface area contributed by atoms with Crippen LogP contribution in [0.4, 0.5) is 0 Å². The van der Waals surface area contributed by atoms with Gasteiger partial charge in [-0.3, -0.25) is 4.79 Å². The van der Waals surface area contributed by atoms with Crippen molar-refractivity contribution in [3.8, 4) is 0 Å². The number of likely N-dealkylation sites (N-methyl/N-ethyl adjacent to an activating group) is 1. The van der Waals surface area contributed by atoms with Crippen LogP contribution in [0.2, 0.25) is 0 Å². The van der Waals surface area contributed by atoms with Crippen molar-refractivity contribution >= 4 is 5.97 Å². The first kappa shape index (κ1) is 13.0. The first-order valence-corrected chi connectivity index (χ1v) is 6.25. The number of hydrogen-bond acceptors (Lipinski definition) is 4. The van der Waals surface area contributed by atoms with E-state index in [1.165, 1.54) is 0 Å². The number of hydrogen-bond donors (Lipinski definition) is 3. The van der Waals surface area contributed by atoms with Gasteiger partial charge < -0.3 is 20.3 Å². The van der Waals surface area contributed by atoms with E-state index in [9.17, 15) is 4.79 Å². The molecule has 1 atom stereocenters. The molecule has 3 N–H and O–H groups in total. The van der Waals surface area contributed by atoms with Crippen molar-refractivity contribution in [3.05, 3.63) is 17.7 Å². The fraction of sp³-hybridized carbons (Fsp3) is 0.667. The predicted octanol–water partition coefficient (Wildman–Crippen LogP) is 0.564. The molecule has 0 amide bonds. The van der Waals surface area contributed by atoms with Crippen molar-refractivity contribution in [2.24, 2.45) is 0 Å². The minimum Gasteiger partial charge on any atom is -0.480 e. The van der Waals surface area contributed by atoms with E-state index in [-0.39, 0.29) is 0 Å². The first-order valence-electron chi connectivity index (χ1n) is 6.25. The van der Waals surface area contributed by atoms with Gasteiger partial charge in [0.2, 0.25) is 0 Å². The zero-order chi connectivity index (χ0) is 13.1. The second kappa shape index (κ2) is 5.49. The van der Waals surface area contributed by atoms with Crippen LogP contribution < -0.4 is 5.32 Å². The summed E-state index contributed by atoms with van der Waals surface area (Å²) in [7, 11) is 3.74. The summed E-state index contributed by atoms with van der Waals surface area (Å²) in [5, 5.41) is 11.8. The molecular weight excluding hydrogens is 232 g/mol. The number of carbonyl (C=O) groups is 1. The monoisotopic (exact) mass is 252 g/mol. The number of nitrogens with zero attached hydrogens (tertiary/aromatic N) is 2. The van der Waals surface area contributed by atoms with Gasteiger partial charge in [0.15, 0.2) is 6.04 Å². The SMILES string of the molecule is CNC(C(=O)O)c1ncc(C2CCN(C)CC2)[nH]1. The maximum Gasteiger partial charge on any atom is 0.328 e. The van der Waals surface area contributed by atoms with Gasteiger partial charge in [0.05, 0.1) is 0 Å². The molecule has 0 aromatic carbocycles. The van der Waals surface area contributed by atoms with Gasteiger partial charge in [0, 0.05) is 17.8 Å². The van der Waals surface area contributed by atoms with Crippen LogP contribution in [0.3, 0.4) is 0 Å². The van der Waals surface area contributed by atoms with Crippen molar-refractivity contribution in [1.29, 1.82) is 0 Å². The van der Waals surface area contributed by atoms with Gasteiger partial charge in [-0.05, 0) is 40.0 Å². The van der Waals surface area contributed by atoms with Gasteiger partial charge in [-0.25, -0.2) is 4.98 Å². The number of nitrogens with one attached hydrogen (secondary N) is 2. The number of carboxylic acid groups (broad SMARTS) is 1. The normalized spacial score (nSPS) is 19.9. The Morgan fingerprint density at radius 1 is 1.61 bits per heavy atom. The highest BCUT2D eigenvalue weighted by atomic mass is 16.4. The zero-order valence-corrected chi connectivity index (χ0v) is 10.8.